The second kappa shape index (κ2) is 7.62. The van der Waals surface area contributed by atoms with Crippen molar-refractivity contribution in [3.63, 3.8) is 0 Å². The quantitative estimate of drug-likeness (QED) is 0.669. The summed E-state index contributed by atoms with van der Waals surface area (Å²) in [6.07, 6.45) is 3.28. The van der Waals surface area contributed by atoms with Gasteiger partial charge in [-0.3, -0.25) is 29.6 Å². The molecule has 172 valence electrons. The highest BCUT2D eigenvalue weighted by Gasteiger charge is 2.50. The van der Waals surface area contributed by atoms with Crippen molar-refractivity contribution in [1.29, 1.82) is 0 Å². The molecule has 2 atom stereocenters. The molecule has 2 aromatic heterocycles. The highest BCUT2D eigenvalue weighted by molar-refractivity contribution is 6.02. The molecule has 2 aromatic rings. The predicted octanol–water partition coefficient (Wildman–Crippen LogP) is 1.94. The fourth-order valence-electron chi connectivity index (χ4n) is 5.63. The van der Waals surface area contributed by atoms with E-state index in [-0.39, 0.29) is 11.4 Å². The number of H-pyrrole nitrogens is 1. The lowest BCUT2D eigenvalue weighted by Gasteiger charge is -2.53. The maximum Gasteiger partial charge on any atom is 0.275 e. The molecule has 5 rings (SSSR count). The van der Waals surface area contributed by atoms with Gasteiger partial charge in [-0.05, 0) is 59.2 Å². The lowest BCUT2D eigenvalue weighted by molar-refractivity contribution is -0.199. The molecular weight excluding hydrogens is 406 g/mol. The molecule has 2 fully saturated rings. The van der Waals surface area contributed by atoms with E-state index in [0.717, 1.165) is 30.9 Å². The smallest absolute Gasteiger partial charge is 0.275 e. The fourth-order valence-corrected chi connectivity index (χ4v) is 5.63. The average molecular weight is 440 g/mol. The summed E-state index contributed by atoms with van der Waals surface area (Å²) >= 11 is 0. The van der Waals surface area contributed by atoms with Gasteiger partial charge < -0.3 is 10.4 Å². The molecule has 9 nitrogen and oxygen atoms in total. The van der Waals surface area contributed by atoms with Crippen LogP contribution in [0.1, 0.15) is 62.3 Å². The molecule has 2 saturated heterocycles. The second-order valence-corrected chi connectivity index (χ2v) is 10.4. The van der Waals surface area contributed by atoms with Crippen LogP contribution >= 0.6 is 0 Å². The van der Waals surface area contributed by atoms with Gasteiger partial charge in [-0.2, -0.15) is 5.10 Å². The Kier molecular flexibility index (Phi) is 5.12. The molecule has 1 unspecified atom stereocenters. The van der Waals surface area contributed by atoms with Crippen molar-refractivity contribution in [3.05, 3.63) is 41.3 Å². The van der Waals surface area contributed by atoms with Crippen LogP contribution in [0.2, 0.25) is 0 Å². The van der Waals surface area contributed by atoms with Gasteiger partial charge >= 0.3 is 0 Å². The number of carbonyl (C=O) groups is 1. The van der Waals surface area contributed by atoms with Gasteiger partial charge in [0.25, 0.3) is 5.91 Å². The summed E-state index contributed by atoms with van der Waals surface area (Å²) < 4.78 is 0. The molecular formula is C23H33N7O2. The Morgan fingerprint density at radius 3 is 2.84 bits per heavy atom. The predicted molar refractivity (Wildman–Crippen MR) is 121 cm³/mol. The maximum atomic E-state index is 12.6. The SMILES string of the molecule is CC1(C)CN2CCC[C@H]2CN1C(O)N1Cc2c(NC(=O)c3ccccn3)n[nH]c2C1(C)C. The summed E-state index contributed by atoms with van der Waals surface area (Å²) in [5.41, 5.74) is 1.58. The molecule has 0 bridgehead atoms. The van der Waals surface area contributed by atoms with Gasteiger partial charge in [0, 0.05) is 43.0 Å². The number of piperazine rings is 1. The number of aliphatic hydroxyl groups excluding tert-OH is 1. The third kappa shape index (κ3) is 3.44. The van der Waals surface area contributed by atoms with E-state index >= 15 is 0 Å². The Bertz CT molecular complexity index is 1000. The number of nitrogens with one attached hydrogen (secondary N) is 2. The first-order valence-corrected chi connectivity index (χ1v) is 11.4. The van der Waals surface area contributed by atoms with Gasteiger partial charge in [-0.15, -0.1) is 0 Å². The standard InChI is InChI=1S/C23H33N7O2/c1-22(2)14-28-11-7-8-15(28)12-29(22)21(32)30-13-16-18(23(30,3)4)26-27-19(16)25-20(31)17-9-5-6-10-24-17/h5-6,9-10,15,21,32H,7-8,11-14H2,1-4H3,(H2,25,26,27,31)/t15-,21?/m0/s1. The summed E-state index contributed by atoms with van der Waals surface area (Å²) in [5.74, 6) is 0.202. The number of nitrogens with zero attached hydrogens (tertiary/aromatic N) is 5. The van der Waals surface area contributed by atoms with E-state index in [2.05, 4.69) is 62.9 Å². The zero-order chi connectivity index (χ0) is 22.7. The minimum atomic E-state index is -0.733. The van der Waals surface area contributed by atoms with Crippen LogP contribution in [0.5, 0.6) is 0 Å². The van der Waals surface area contributed by atoms with Gasteiger partial charge in [0.05, 0.1) is 11.2 Å². The van der Waals surface area contributed by atoms with Crippen LogP contribution in [-0.2, 0) is 12.1 Å². The molecule has 32 heavy (non-hydrogen) atoms. The molecule has 0 spiro atoms. The minimum Gasteiger partial charge on any atom is -0.365 e. The topological polar surface area (TPSA) is 101 Å². The highest BCUT2D eigenvalue weighted by atomic mass is 16.3. The van der Waals surface area contributed by atoms with Crippen LogP contribution in [-0.4, -0.2) is 78.5 Å². The number of carbonyl (C=O) groups excluding carboxylic acids is 1. The Balaban J connectivity index is 1.37. The van der Waals surface area contributed by atoms with E-state index in [1.54, 1.807) is 24.4 Å². The number of hydrogen-bond donors (Lipinski definition) is 3. The summed E-state index contributed by atoms with van der Waals surface area (Å²) in [5, 5.41) is 22.0. The average Bonchev–Trinajstić information content (AvgIpc) is 3.43. The van der Waals surface area contributed by atoms with Crippen molar-refractivity contribution in [2.45, 2.75) is 70.6 Å². The summed E-state index contributed by atoms with van der Waals surface area (Å²) in [6.45, 7) is 12.1. The first-order chi connectivity index (χ1) is 15.2. The van der Waals surface area contributed by atoms with Crippen LogP contribution in [0.15, 0.2) is 24.4 Å². The van der Waals surface area contributed by atoms with E-state index < -0.39 is 11.9 Å². The van der Waals surface area contributed by atoms with Crippen molar-refractivity contribution in [2.75, 3.05) is 25.0 Å². The summed E-state index contributed by atoms with van der Waals surface area (Å²) in [4.78, 5) is 23.6. The van der Waals surface area contributed by atoms with Gasteiger partial charge in [-0.1, -0.05) is 6.07 Å². The third-order valence-corrected chi connectivity index (χ3v) is 7.49. The Labute approximate surface area is 188 Å². The number of aliphatic hydroxyl groups is 1. The van der Waals surface area contributed by atoms with Crippen LogP contribution in [0, 0.1) is 0 Å². The number of amides is 1. The van der Waals surface area contributed by atoms with E-state index in [4.69, 9.17) is 0 Å². The van der Waals surface area contributed by atoms with Gasteiger partial charge in [0.1, 0.15) is 5.69 Å². The van der Waals surface area contributed by atoms with Crippen molar-refractivity contribution in [1.82, 2.24) is 29.9 Å². The van der Waals surface area contributed by atoms with E-state index in [1.165, 1.54) is 12.8 Å². The van der Waals surface area contributed by atoms with Gasteiger partial charge in [0.15, 0.2) is 12.2 Å². The molecule has 3 aliphatic rings. The van der Waals surface area contributed by atoms with Crippen LogP contribution in [0.25, 0.3) is 0 Å². The number of anilines is 1. The van der Waals surface area contributed by atoms with Gasteiger partial charge in [0.2, 0.25) is 0 Å². The lowest BCUT2D eigenvalue weighted by atomic mass is 9.95. The van der Waals surface area contributed by atoms with Crippen LogP contribution in [0.3, 0.4) is 0 Å². The zero-order valence-electron chi connectivity index (χ0n) is 19.3. The molecule has 3 aliphatic heterocycles. The number of aromatic amines is 1. The molecule has 0 radical (unpaired) electrons. The third-order valence-electron chi connectivity index (χ3n) is 7.49. The van der Waals surface area contributed by atoms with Crippen molar-refractivity contribution in [3.8, 4) is 0 Å². The second-order valence-electron chi connectivity index (χ2n) is 10.4. The van der Waals surface area contributed by atoms with Crippen LogP contribution in [0.4, 0.5) is 5.82 Å². The molecule has 0 aliphatic carbocycles. The number of aromatic nitrogens is 3. The van der Waals surface area contributed by atoms with E-state index in [1.807, 2.05) is 0 Å². The molecule has 1 amide bonds. The highest BCUT2D eigenvalue weighted by Crippen LogP contribution is 2.43. The molecule has 5 heterocycles. The number of rotatable bonds is 4. The first kappa shape index (κ1) is 21.5. The van der Waals surface area contributed by atoms with Crippen molar-refractivity contribution in [2.24, 2.45) is 0 Å². The first-order valence-electron chi connectivity index (χ1n) is 11.4. The van der Waals surface area contributed by atoms with Gasteiger partial charge in [-0.25, -0.2) is 0 Å². The lowest BCUT2D eigenvalue weighted by Crippen LogP contribution is -2.68. The normalized spacial score (nSPS) is 26.0. The fraction of sp³-hybridized carbons (Fsp3) is 0.609. The summed E-state index contributed by atoms with van der Waals surface area (Å²) in [7, 11) is 0. The van der Waals surface area contributed by atoms with Crippen molar-refractivity contribution >= 4 is 11.7 Å². The minimum absolute atomic E-state index is 0.138. The van der Waals surface area contributed by atoms with E-state index in [0.29, 0.717) is 24.1 Å². The molecule has 0 aromatic carbocycles. The maximum absolute atomic E-state index is 12.6. The number of fused-ring (bicyclic) bond motifs is 2. The van der Waals surface area contributed by atoms with Crippen molar-refractivity contribution < 1.29 is 9.90 Å². The Morgan fingerprint density at radius 1 is 1.28 bits per heavy atom. The van der Waals surface area contributed by atoms with Crippen LogP contribution < -0.4 is 5.32 Å². The largest absolute Gasteiger partial charge is 0.365 e. The molecule has 0 saturated carbocycles. The zero-order valence-corrected chi connectivity index (χ0v) is 19.3. The molecule has 9 heteroatoms. The molecule has 3 N–H and O–H groups in total. The summed E-state index contributed by atoms with van der Waals surface area (Å²) in [6, 6.07) is 5.74. The monoisotopic (exact) mass is 439 g/mol. The Hall–Kier alpha value is -2.33. The Morgan fingerprint density at radius 2 is 2.09 bits per heavy atom. The number of hydrogen-bond acceptors (Lipinski definition) is 7. The van der Waals surface area contributed by atoms with E-state index in [9.17, 15) is 9.90 Å². The number of pyridine rings is 1.